The Morgan fingerprint density at radius 1 is 1.45 bits per heavy atom. The van der Waals surface area contributed by atoms with Gasteiger partial charge in [-0.2, -0.15) is 13.2 Å². The second-order valence-electron chi connectivity index (χ2n) is 5.88. The van der Waals surface area contributed by atoms with E-state index in [1.54, 1.807) is 0 Å². The average molecular weight is 344 g/mol. The van der Waals surface area contributed by atoms with Gasteiger partial charge in [-0.25, -0.2) is 0 Å². The van der Waals surface area contributed by atoms with Crippen LogP contribution in [-0.2, 0) is 9.59 Å². The van der Waals surface area contributed by atoms with Gasteiger partial charge in [-0.3, -0.25) is 9.59 Å². The van der Waals surface area contributed by atoms with Crippen LogP contribution in [-0.4, -0.2) is 55.1 Å². The van der Waals surface area contributed by atoms with E-state index in [0.717, 1.165) is 13.0 Å². The molecule has 2 heterocycles. The van der Waals surface area contributed by atoms with E-state index in [2.05, 4.69) is 10.6 Å². The molecule has 0 bridgehead atoms. The van der Waals surface area contributed by atoms with Crippen LogP contribution in [0.4, 0.5) is 13.2 Å². The maximum Gasteiger partial charge on any atom is 0.406 e. The fourth-order valence-electron chi connectivity index (χ4n) is 2.80. The number of nitrogens with zero attached hydrogens (tertiary/aromatic N) is 1. The Bertz CT molecular complexity index is 420. The number of likely N-dealkylation sites (tertiary alicyclic amines) is 1. The molecule has 5 nitrogen and oxygen atoms in total. The van der Waals surface area contributed by atoms with Crippen molar-refractivity contribution in [2.24, 2.45) is 11.8 Å². The van der Waals surface area contributed by atoms with Gasteiger partial charge in [0.1, 0.15) is 6.54 Å². The van der Waals surface area contributed by atoms with Crippen molar-refractivity contribution in [3.05, 3.63) is 0 Å². The predicted octanol–water partition coefficient (Wildman–Crippen LogP) is 0.933. The first kappa shape index (κ1) is 19.0. The molecule has 2 aliphatic heterocycles. The molecular formula is C13H21ClF3N3O2. The Hall–Kier alpha value is -1.02. The second kappa shape index (κ2) is 7.50. The molecule has 0 aliphatic carbocycles. The van der Waals surface area contributed by atoms with E-state index in [-0.39, 0.29) is 37.3 Å². The molecule has 2 N–H and O–H groups in total. The fourth-order valence-corrected chi connectivity index (χ4v) is 2.80. The normalized spacial score (nSPS) is 29.2. The van der Waals surface area contributed by atoms with Crippen molar-refractivity contribution in [3.8, 4) is 0 Å². The lowest BCUT2D eigenvalue weighted by atomic mass is 9.94. The lowest BCUT2D eigenvalue weighted by Crippen LogP contribution is -2.51. The zero-order chi connectivity index (χ0) is 15.6. The van der Waals surface area contributed by atoms with Crippen molar-refractivity contribution in [2.75, 3.05) is 26.2 Å². The van der Waals surface area contributed by atoms with Crippen LogP contribution in [0, 0.1) is 11.8 Å². The first-order valence-electron chi connectivity index (χ1n) is 7.12. The highest BCUT2D eigenvalue weighted by Gasteiger charge is 2.41. The standard InChI is InChI=1S/C13H20F3N3O2.ClH/c1-8-2-3-17-5-10(8)18-12(21)9-4-11(20)19(6-9)7-13(14,15)16;/h8-10,17H,2-7H2,1H3,(H,18,21);1H. The second-order valence-corrected chi connectivity index (χ2v) is 5.88. The van der Waals surface area contributed by atoms with Crippen LogP contribution in [0.1, 0.15) is 19.8 Å². The van der Waals surface area contributed by atoms with E-state index in [1.807, 2.05) is 6.92 Å². The summed E-state index contributed by atoms with van der Waals surface area (Å²) in [6, 6.07) is -0.0296. The molecule has 2 rings (SSSR count). The Morgan fingerprint density at radius 2 is 2.14 bits per heavy atom. The third kappa shape index (κ3) is 5.01. The Morgan fingerprint density at radius 3 is 2.73 bits per heavy atom. The van der Waals surface area contributed by atoms with Crippen LogP contribution >= 0.6 is 12.4 Å². The summed E-state index contributed by atoms with van der Waals surface area (Å²) in [5, 5.41) is 6.02. The molecule has 9 heteroatoms. The number of amides is 2. The van der Waals surface area contributed by atoms with Gasteiger partial charge in [-0.1, -0.05) is 6.92 Å². The van der Waals surface area contributed by atoms with Gasteiger partial charge in [0, 0.05) is 25.6 Å². The minimum Gasteiger partial charge on any atom is -0.352 e. The molecule has 2 saturated heterocycles. The molecule has 128 valence electrons. The first-order valence-corrected chi connectivity index (χ1v) is 7.12. The van der Waals surface area contributed by atoms with E-state index < -0.39 is 24.5 Å². The number of carbonyl (C=O) groups excluding carboxylic acids is 2. The van der Waals surface area contributed by atoms with Crippen molar-refractivity contribution >= 4 is 24.2 Å². The summed E-state index contributed by atoms with van der Waals surface area (Å²) in [6.07, 6.45) is -3.63. The lowest BCUT2D eigenvalue weighted by molar-refractivity contribution is -0.157. The maximum absolute atomic E-state index is 12.3. The molecule has 0 aromatic carbocycles. The zero-order valence-electron chi connectivity index (χ0n) is 12.3. The van der Waals surface area contributed by atoms with Crippen molar-refractivity contribution in [1.29, 1.82) is 0 Å². The molecule has 2 amide bonds. The highest BCUT2D eigenvalue weighted by molar-refractivity contribution is 5.89. The Labute approximate surface area is 133 Å². The van der Waals surface area contributed by atoms with Crippen molar-refractivity contribution < 1.29 is 22.8 Å². The molecule has 22 heavy (non-hydrogen) atoms. The lowest BCUT2D eigenvalue weighted by Gasteiger charge is -2.31. The van der Waals surface area contributed by atoms with Crippen molar-refractivity contribution in [2.45, 2.75) is 32.0 Å². The highest BCUT2D eigenvalue weighted by Crippen LogP contribution is 2.24. The third-order valence-electron chi connectivity index (χ3n) is 4.11. The topological polar surface area (TPSA) is 61.4 Å². The van der Waals surface area contributed by atoms with E-state index in [9.17, 15) is 22.8 Å². The molecule has 2 aliphatic rings. The van der Waals surface area contributed by atoms with E-state index in [4.69, 9.17) is 0 Å². The van der Waals surface area contributed by atoms with Crippen molar-refractivity contribution in [1.82, 2.24) is 15.5 Å². The first-order chi connectivity index (χ1) is 9.76. The Kier molecular flexibility index (Phi) is 6.49. The minimum absolute atomic E-state index is 0. The summed E-state index contributed by atoms with van der Waals surface area (Å²) in [6.45, 7) is 2.14. The molecule has 3 atom stereocenters. The SMILES string of the molecule is CC1CCNCC1NC(=O)C1CC(=O)N(CC(F)(F)F)C1.Cl. The van der Waals surface area contributed by atoms with Gasteiger partial charge in [0.2, 0.25) is 11.8 Å². The number of halogens is 4. The molecule has 0 radical (unpaired) electrons. The van der Waals surface area contributed by atoms with Crippen LogP contribution < -0.4 is 10.6 Å². The molecule has 0 aromatic rings. The minimum atomic E-state index is -4.43. The van der Waals surface area contributed by atoms with Gasteiger partial charge < -0.3 is 15.5 Å². The summed E-state index contributed by atoms with van der Waals surface area (Å²) in [5.74, 6) is -1.30. The summed E-state index contributed by atoms with van der Waals surface area (Å²) in [5.41, 5.74) is 0. The number of nitrogens with one attached hydrogen (secondary N) is 2. The summed E-state index contributed by atoms with van der Waals surface area (Å²) in [7, 11) is 0. The largest absolute Gasteiger partial charge is 0.406 e. The molecular weight excluding hydrogens is 323 g/mol. The van der Waals surface area contributed by atoms with Gasteiger partial charge in [-0.15, -0.1) is 12.4 Å². The summed E-state index contributed by atoms with van der Waals surface area (Å²) < 4.78 is 37.0. The number of rotatable bonds is 3. The molecule has 0 saturated carbocycles. The molecule has 2 fully saturated rings. The molecule has 3 unspecified atom stereocenters. The highest BCUT2D eigenvalue weighted by atomic mass is 35.5. The van der Waals surface area contributed by atoms with E-state index in [1.165, 1.54) is 0 Å². The number of carbonyl (C=O) groups is 2. The van der Waals surface area contributed by atoms with E-state index in [0.29, 0.717) is 17.4 Å². The molecule has 0 aromatic heterocycles. The number of hydrogen-bond donors (Lipinski definition) is 2. The fraction of sp³-hybridized carbons (Fsp3) is 0.846. The Balaban J connectivity index is 0.00000242. The van der Waals surface area contributed by atoms with Crippen LogP contribution in [0.3, 0.4) is 0 Å². The van der Waals surface area contributed by atoms with Crippen molar-refractivity contribution in [3.63, 3.8) is 0 Å². The van der Waals surface area contributed by atoms with Gasteiger partial charge >= 0.3 is 6.18 Å². The number of alkyl halides is 3. The predicted molar refractivity (Wildman–Crippen MR) is 76.6 cm³/mol. The van der Waals surface area contributed by atoms with E-state index >= 15 is 0 Å². The number of piperidine rings is 1. The van der Waals surface area contributed by atoms with Crippen LogP contribution in [0.15, 0.2) is 0 Å². The number of hydrogen-bond acceptors (Lipinski definition) is 3. The zero-order valence-corrected chi connectivity index (χ0v) is 13.1. The van der Waals surface area contributed by atoms with Gasteiger partial charge in [0.15, 0.2) is 0 Å². The van der Waals surface area contributed by atoms with Crippen LogP contribution in [0.25, 0.3) is 0 Å². The van der Waals surface area contributed by atoms with Crippen LogP contribution in [0.2, 0.25) is 0 Å². The average Bonchev–Trinajstić information content (AvgIpc) is 2.72. The summed E-state index contributed by atoms with van der Waals surface area (Å²) >= 11 is 0. The van der Waals surface area contributed by atoms with Gasteiger partial charge in [-0.05, 0) is 18.9 Å². The molecule has 0 spiro atoms. The quantitative estimate of drug-likeness (QED) is 0.801. The smallest absolute Gasteiger partial charge is 0.352 e. The third-order valence-corrected chi connectivity index (χ3v) is 4.11. The van der Waals surface area contributed by atoms with Crippen LogP contribution in [0.5, 0.6) is 0 Å². The summed E-state index contributed by atoms with van der Waals surface area (Å²) in [4.78, 5) is 24.4. The maximum atomic E-state index is 12.3. The van der Waals surface area contributed by atoms with Gasteiger partial charge in [0.25, 0.3) is 0 Å². The van der Waals surface area contributed by atoms with Gasteiger partial charge in [0.05, 0.1) is 5.92 Å². The monoisotopic (exact) mass is 343 g/mol.